The molecule has 0 aromatic heterocycles. The van der Waals surface area contributed by atoms with Crippen LogP contribution in [0.25, 0.3) is 11.1 Å². The van der Waals surface area contributed by atoms with E-state index in [0.29, 0.717) is 49.2 Å². The van der Waals surface area contributed by atoms with Gasteiger partial charge in [-0.1, -0.05) is 53.5 Å². The van der Waals surface area contributed by atoms with Crippen molar-refractivity contribution in [3.05, 3.63) is 58.1 Å². The summed E-state index contributed by atoms with van der Waals surface area (Å²) in [6.45, 7) is 1.88. The first-order valence-electron chi connectivity index (χ1n) is 8.65. The van der Waals surface area contributed by atoms with Crippen molar-refractivity contribution in [1.82, 2.24) is 5.32 Å². The number of nitrogens with two attached hydrogens (primary N) is 1. The Hall–Kier alpha value is -1.30. The molecular formula is C20H23Cl3N2O2. The van der Waals surface area contributed by atoms with Gasteiger partial charge in [-0.05, 0) is 36.1 Å². The van der Waals surface area contributed by atoms with E-state index in [1.165, 1.54) is 0 Å². The number of carbonyl (C=O) groups is 1. The van der Waals surface area contributed by atoms with Crippen molar-refractivity contribution in [3.8, 4) is 11.1 Å². The molecule has 0 aliphatic carbocycles. The summed E-state index contributed by atoms with van der Waals surface area (Å²) in [4.78, 5) is 12.8. The molecule has 0 radical (unpaired) electrons. The summed E-state index contributed by atoms with van der Waals surface area (Å²) < 4.78 is 5.38. The lowest BCUT2D eigenvalue weighted by Crippen LogP contribution is -2.49. The van der Waals surface area contributed by atoms with Crippen molar-refractivity contribution in [2.45, 2.75) is 19.4 Å². The molecule has 4 nitrogen and oxygen atoms in total. The van der Waals surface area contributed by atoms with Gasteiger partial charge in [-0.3, -0.25) is 4.79 Å². The third-order valence-corrected chi connectivity index (χ3v) is 5.55. The number of benzene rings is 2. The molecule has 0 unspecified atom stereocenters. The minimum Gasteiger partial charge on any atom is -0.381 e. The van der Waals surface area contributed by atoms with Crippen molar-refractivity contribution in [3.63, 3.8) is 0 Å². The molecule has 27 heavy (non-hydrogen) atoms. The molecule has 146 valence electrons. The molecule has 1 heterocycles. The van der Waals surface area contributed by atoms with Gasteiger partial charge in [0.1, 0.15) is 0 Å². The summed E-state index contributed by atoms with van der Waals surface area (Å²) >= 11 is 12.4. The van der Waals surface area contributed by atoms with Gasteiger partial charge in [0.2, 0.25) is 5.91 Å². The molecule has 0 bridgehead atoms. The van der Waals surface area contributed by atoms with E-state index in [4.69, 9.17) is 33.7 Å². The Balaban J connectivity index is 0.00000261. The fourth-order valence-corrected chi connectivity index (χ4v) is 3.80. The SMILES string of the molecule is Cl.NCC1(C(=O)NCc2ccccc2-c2ccc(Cl)cc2Cl)CCOCC1. The first-order chi connectivity index (χ1) is 12.6. The normalized spacial score (nSPS) is 15.7. The number of carbonyl (C=O) groups excluding carboxylic acids is 1. The summed E-state index contributed by atoms with van der Waals surface area (Å²) in [6.07, 6.45) is 1.31. The number of nitrogens with one attached hydrogen (secondary N) is 1. The maximum absolute atomic E-state index is 12.8. The van der Waals surface area contributed by atoms with E-state index in [1.807, 2.05) is 36.4 Å². The molecule has 1 aliphatic heterocycles. The second-order valence-corrected chi connectivity index (χ2v) is 7.40. The minimum atomic E-state index is -0.537. The lowest BCUT2D eigenvalue weighted by Gasteiger charge is -2.34. The van der Waals surface area contributed by atoms with Crippen LogP contribution in [0.2, 0.25) is 10.0 Å². The van der Waals surface area contributed by atoms with Gasteiger partial charge in [-0.15, -0.1) is 12.4 Å². The van der Waals surface area contributed by atoms with Gasteiger partial charge in [0.15, 0.2) is 0 Å². The van der Waals surface area contributed by atoms with Crippen LogP contribution in [0, 0.1) is 5.41 Å². The van der Waals surface area contributed by atoms with Crippen molar-refractivity contribution in [1.29, 1.82) is 0 Å². The Morgan fingerprint density at radius 2 is 1.81 bits per heavy atom. The lowest BCUT2D eigenvalue weighted by atomic mass is 9.79. The van der Waals surface area contributed by atoms with Crippen LogP contribution < -0.4 is 11.1 Å². The Bertz CT molecular complexity index is 793. The predicted octanol–water partition coefficient (Wildman–Crippen LogP) is 4.45. The maximum atomic E-state index is 12.8. The van der Waals surface area contributed by atoms with Gasteiger partial charge in [-0.25, -0.2) is 0 Å². The average molecular weight is 430 g/mol. The predicted molar refractivity (Wildman–Crippen MR) is 113 cm³/mol. The Morgan fingerprint density at radius 3 is 2.48 bits per heavy atom. The fourth-order valence-electron chi connectivity index (χ4n) is 3.29. The molecule has 1 fully saturated rings. The molecule has 0 atom stereocenters. The first kappa shape index (κ1) is 22.0. The molecule has 2 aromatic rings. The zero-order valence-corrected chi connectivity index (χ0v) is 17.2. The second-order valence-electron chi connectivity index (χ2n) is 6.56. The third-order valence-electron chi connectivity index (χ3n) is 5.00. The zero-order chi connectivity index (χ0) is 18.6. The van der Waals surface area contributed by atoms with Crippen LogP contribution in [-0.4, -0.2) is 25.7 Å². The highest BCUT2D eigenvalue weighted by Crippen LogP contribution is 2.33. The van der Waals surface area contributed by atoms with E-state index in [1.54, 1.807) is 6.07 Å². The van der Waals surface area contributed by atoms with Gasteiger partial charge in [-0.2, -0.15) is 0 Å². The maximum Gasteiger partial charge on any atom is 0.227 e. The summed E-state index contributed by atoms with van der Waals surface area (Å²) in [5, 5.41) is 4.23. The number of hydrogen-bond donors (Lipinski definition) is 2. The smallest absolute Gasteiger partial charge is 0.227 e. The molecule has 2 aromatic carbocycles. The summed E-state index contributed by atoms with van der Waals surface area (Å²) in [5.41, 5.74) is 8.23. The molecule has 1 aliphatic rings. The zero-order valence-electron chi connectivity index (χ0n) is 14.8. The monoisotopic (exact) mass is 428 g/mol. The minimum absolute atomic E-state index is 0. The fraction of sp³-hybridized carbons (Fsp3) is 0.350. The van der Waals surface area contributed by atoms with E-state index in [9.17, 15) is 4.79 Å². The van der Waals surface area contributed by atoms with Gasteiger partial charge in [0, 0.05) is 41.9 Å². The van der Waals surface area contributed by atoms with Gasteiger partial charge < -0.3 is 15.8 Å². The molecule has 3 N–H and O–H groups in total. The number of rotatable bonds is 5. The van der Waals surface area contributed by atoms with Gasteiger partial charge >= 0.3 is 0 Å². The van der Waals surface area contributed by atoms with Crippen molar-refractivity contribution < 1.29 is 9.53 Å². The lowest BCUT2D eigenvalue weighted by molar-refractivity contribution is -0.136. The van der Waals surface area contributed by atoms with Gasteiger partial charge in [0.25, 0.3) is 0 Å². The Morgan fingerprint density at radius 1 is 1.11 bits per heavy atom. The largest absolute Gasteiger partial charge is 0.381 e. The second kappa shape index (κ2) is 9.76. The van der Waals surface area contributed by atoms with Crippen molar-refractivity contribution >= 4 is 41.5 Å². The standard InChI is InChI=1S/C20H22Cl2N2O2.ClH/c21-15-5-6-17(18(22)11-15)16-4-2-1-3-14(16)12-24-19(25)20(13-23)7-9-26-10-8-20;/h1-6,11H,7-10,12-13,23H2,(H,24,25);1H. The summed E-state index contributed by atoms with van der Waals surface area (Å²) in [6, 6.07) is 13.3. The molecule has 7 heteroatoms. The molecule has 3 rings (SSSR count). The number of ether oxygens (including phenoxy) is 1. The van der Waals surface area contributed by atoms with Crippen LogP contribution >= 0.6 is 35.6 Å². The molecule has 1 saturated heterocycles. The Kier molecular flexibility index (Phi) is 7.95. The number of halogens is 3. The quantitative estimate of drug-likeness (QED) is 0.738. The van der Waals surface area contributed by atoms with E-state index in [-0.39, 0.29) is 18.3 Å². The molecule has 0 spiro atoms. The number of amides is 1. The summed E-state index contributed by atoms with van der Waals surface area (Å²) in [7, 11) is 0. The first-order valence-corrected chi connectivity index (χ1v) is 9.41. The van der Waals surface area contributed by atoms with Crippen LogP contribution in [0.3, 0.4) is 0 Å². The average Bonchev–Trinajstić information content (AvgIpc) is 2.67. The van der Waals surface area contributed by atoms with Crippen molar-refractivity contribution in [2.75, 3.05) is 19.8 Å². The third kappa shape index (κ3) is 4.95. The summed E-state index contributed by atoms with van der Waals surface area (Å²) in [5.74, 6) is -0.0136. The van der Waals surface area contributed by atoms with E-state index < -0.39 is 5.41 Å². The molecular weight excluding hydrogens is 407 g/mol. The van der Waals surface area contributed by atoms with Crippen LogP contribution in [0.5, 0.6) is 0 Å². The van der Waals surface area contributed by atoms with Crippen LogP contribution in [-0.2, 0) is 16.1 Å². The van der Waals surface area contributed by atoms with Crippen LogP contribution in [0.15, 0.2) is 42.5 Å². The van der Waals surface area contributed by atoms with Crippen molar-refractivity contribution in [2.24, 2.45) is 11.1 Å². The van der Waals surface area contributed by atoms with E-state index in [2.05, 4.69) is 5.32 Å². The highest BCUT2D eigenvalue weighted by Gasteiger charge is 2.38. The number of hydrogen-bond acceptors (Lipinski definition) is 3. The molecule has 1 amide bonds. The highest BCUT2D eigenvalue weighted by molar-refractivity contribution is 6.36. The highest BCUT2D eigenvalue weighted by atomic mass is 35.5. The van der Waals surface area contributed by atoms with E-state index >= 15 is 0 Å². The van der Waals surface area contributed by atoms with Crippen LogP contribution in [0.4, 0.5) is 0 Å². The Labute approximate surface area is 175 Å². The van der Waals surface area contributed by atoms with Gasteiger partial charge in [0.05, 0.1) is 5.41 Å². The van der Waals surface area contributed by atoms with E-state index in [0.717, 1.165) is 16.7 Å². The van der Waals surface area contributed by atoms with Crippen LogP contribution in [0.1, 0.15) is 18.4 Å². The topological polar surface area (TPSA) is 64.4 Å². The molecule has 0 saturated carbocycles.